The lowest BCUT2D eigenvalue weighted by Gasteiger charge is -2.07. The number of hydrogen-bond acceptors (Lipinski definition) is 3. The van der Waals surface area contributed by atoms with E-state index in [4.69, 9.17) is 10.5 Å². The molecule has 1 aromatic heterocycles. The lowest BCUT2D eigenvalue weighted by Crippen LogP contribution is -1.98. The molecule has 0 bridgehead atoms. The van der Waals surface area contributed by atoms with Crippen LogP contribution in [0, 0.1) is 6.92 Å². The van der Waals surface area contributed by atoms with Crippen LogP contribution in [0.3, 0.4) is 0 Å². The monoisotopic (exact) mass is 178 g/mol. The van der Waals surface area contributed by atoms with Crippen LogP contribution in [-0.4, -0.2) is 11.6 Å². The van der Waals surface area contributed by atoms with Crippen molar-refractivity contribution in [3.63, 3.8) is 0 Å². The van der Waals surface area contributed by atoms with Crippen LogP contribution in [0.2, 0.25) is 0 Å². The first-order chi connectivity index (χ1) is 6.15. The van der Waals surface area contributed by atoms with Gasteiger partial charge in [-0.3, -0.25) is 0 Å². The lowest BCUT2D eigenvalue weighted by molar-refractivity contribution is 0.297. The fraction of sp³-hybridized carbons (Fsp3) is 0.300. The molecule has 0 aliphatic rings. The Labute approximate surface area is 78.2 Å². The summed E-state index contributed by atoms with van der Waals surface area (Å²) < 4.78 is 5.22. The summed E-state index contributed by atoms with van der Waals surface area (Å²) in [6.07, 6.45) is 0. The van der Waals surface area contributed by atoms with Gasteiger partial charge in [0.25, 0.3) is 0 Å². The van der Waals surface area contributed by atoms with Crippen molar-refractivity contribution < 1.29 is 4.74 Å². The van der Waals surface area contributed by atoms with Gasteiger partial charge in [0.1, 0.15) is 11.5 Å². The molecule has 1 rings (SSSR count). The number of nitrogens with zero attached hydrogens (tertiary/aromatic N) is 1. The molecule has 0 aliphatic carbocycles. The normalized spacial score (nSPS) is 9.69. The first-order valence-corrected chi connectivity index (χ1v) is 4.20. The number of aryl methyl sites for hydroxylation is 1. The third-order valence-electron chi connectivity index (χ3n) is 1.73. The van der Waals surface area contributed by atoms with Crippen LogP contribution in [-0.2, 0) is 4.74 Å². The van der Waals surface area contributed by atoms with Crippen LogP contribution in [0.4, 0.5) is 5.69 Å². The van der Waals surface area contributed by atoms with Crippen molar-refractivity contribution in [1.29, 1.82) is 0 Å². The summed E-state index contributed by atoms with van der Waals surface area (Å²) in [4.78, 5) is 4.24. The molecule has 1 aromatic rings. The minimum absolute atomic E-state index is 0.589. The van der Waals surface area contributed by atoms with Crippen LogP contribution in [0.25, 0.3) is 5.76 Å². The third kappa shape index (κ3) is 2.21. The Hall–Kier alpha value is -1.51. The fourth-order valence-corrected chi connectivity index (χ4v) is 0.975. The van der Waals surface area contributed by atoms with Gasteiger partial charge in [-0.1, -0.05) is 6.58 Å². The van der Waals surface area contributed by atoms with Gasteiger partial charge in [0.15, 0.2) is 0 Å². The second-order valence-electron chi connectivity index (χ2n) is 2.73. The number of nitrogens with two attached hydrogens (primary N) is 1. The first kappa shape index (κ1) is 9.58. The standard InChI is InChI=1S/C10H14N2O/c1-4-13-8(3)10-6-5-9(11)7(2)12-10/h5-6H,3-4,11H2,1-2H3. The molecule has 0 atom stereocenters. The Morgan fingerprint density at radius 3 is 2.85 bits per heavy atom. The molecule has 0 saturated carbocycles. The topological polar surface area (TPSA) is 48.1 Å². The summed E-state index contributed by atoms with van der Waals surface area (Å²) in [7, 11) is 0. The van der Waals surface area contributed by atoms with E-state index in [0.717, 1.165) is 11.4 Å². The van der Waals surface area contributed by atoms with Gasteiger partial charge in [-0.25, -0.2) is 4.98 Å². The van der Waals surface area contributed by atoms with Gasteiger partial charge in [0.2, 0.25) is 0 Å². The molecule has 0 unspecified atom stereocenters. The zero-order valence-electron chi connectivity index (χ0n) is 8.00. The number of pyridine rings is 1. The zero-order valence-corrected chi connectivity index (χ0v) is 8.00. The van der Waals surface area contributed by atoms with Crippen LogP contribution in [0.1, 0.15) is 18.3 Å². The second-order valence-corrected chi connectivity index (χ2v) is 2.73. The van der Waals surface area contributed by atoms with E-state index in [-0.39, 0.29) is 0 Å². The number of nitrogen functional groups attached to an aromatic ring is 1. The van der Waals surface area contributed by atoms with E-state index >= 15 is 0 Å². The lowest BCUT2D eigenvalue weighted by atomic mass is 10.2. The van der Waals surface area contributed by atoms with E-state index in [2.05, 4.69) is 11.6 Å². The highest BCUT2D eigenvalue weighted by atomic mass is 16.5. The van der Waals surface area contributed by atoms with Crippen LogP contribution >= 0.6 is 0 Å². The molecule has 0 saturated heterocycles. The quantitative estimate of drug-likeness (QED) is 0.720. The van der Waals surface area contributed by atoms with Gasteiger partial charge in [-0.2, -0.15) is 0 Å². The van der Waals surface area contributed by atoms with Crippen molar-refractivity contribution >= 4 is 11.4 Å². The maximum atomic E-state index is 5.63. The number of aromatic nitrogens is 1. The molecular formula is C10H14N2O. The second kappa shape index (κ2) is 3.94. The molecule has 3 heteroatoms. The zero-order chi connectivity index (χ0) is 9.84. The van der Waals surface area contributed by atoms with Gasteiger partial charge in [0, 0.05) is 0 Å². The van der Waals surface area contributed by atoms with Crippen LogP contribution < -0.4 is 5.73 Å². The average molecular weight is 178 g/mol. The number of hydrogen-bond donors (Lipinski definition) is 1. The van der Waals surface area contributed by atoms with E-state index in [0.29, 0.717) is 18.1 Å². The summed E-state index contributed by atoms with van der Waals surface area (Å²) in [5.74, 6) is 0.589. The predicted molar refractivity (Wildman–Crippen MR) is 54.0 cm³/mol. The Morgan fingerprint density at radius 2 is 2.31 bits per heavy atom. The SMILES string of the molecule is C=C(OCC)c1ccc(N)c(C)n1. The van der Waals surface area contributed by atoms with Crippen molar-refractivity contribution in [3.05, 3.63) is 30.1 Å². The van der Waals surface area contributed by atoms with Gasteiger partial charge < -0.3 is 10.5 Å². The highest BCUT2D eigenvalue weighted by Crippen LogP contribution is 2.15. The maximum absolute atomic E-state index is 5.63. The van der Waals surface area contributed by atoms with Gasteiger partial charge in [-0.15, -0.1) is 0 Å². The number of rotatable bonds is 3. The molecule has 0 radical (unpaired) electrons. The predicted octanol–water partition coefficient (Wildman–Crippen LogP) is 1.98. The van der Waals surface area contributed by atoms with Crippen molar-refractivity contribution in [3.8, 4) is 0 Å². The summed E-state index contributed by atoms with van der Waals surface area (Å²) in [5, 5.41) is 0. The molecule has 70 valence electrons. The summed E-state index contributed by atoms with van der Waals surface area (Å²) in [5.41, 5.74) is 7.87. The molecule has 0 amide bonds. The maximum Gasteiger partial charge on any atom is 0.137 e. The van der Waals surface area contributed by atoms with E-state index < -0.39 is 0 Å². The van der Waals surface area contributed by atoms with Crippen LogP contribution in [0.15, 0.2) is 18.7 Å². The molecule has 0 aliphatic heterocycles. The van der Waals surface area contributed by atoms with Crippen LogP contribution in [0.5, 0.6) is 0 Å². The van der Waals surface area contributed by atoms with E-state index in [1.54, 1.807) is 6.07 Å². The largest absolute Gasteiger partial charge is 0.492 e. The molecule has 0 fully saturated rings. The fourth-order valence-electron chi connectivity index (χ4n) is 0.975. The van der Waals surface area contributed by atoms with Gasteiger partial charge >= 0.3 is 0 Å². The summed E-state index contributed by atoms with van der Waals surface area (Å²) in [6.45, 7) is 8.13. The minimum Gasteiger partial charge on any atom is -0.492 e. The Bertz CT molecular complexity index is 321. The molecular weight excluding hydrogens is 164 g/mol. The summed E-state index contributed by atoms with van der Waals surface area (Å²) in [6, 6.07) is 3.61. The number of anilines is 1. The molecule has 1 heterocycles. The van der Waals surface area contributed by atoms with E-state index in [1.165, 1.54) is 0 Å². The third-order valence-corrected chi connectivity index (χ3v) is 1.73. The van der Waals surface area contributed by atoms with Crippen molar-refractivity contribution in [2.24, 2.45) is 0 Å². The highest BCUT2D eigenvalue weighted by molar-refractivity contribution is 5.56. The first-order valence-electron chi connectivity index (χ1n) is 4.20. The smallest absolute Gasteiger partial charge is 0.137 e. The highest BCUT2D eigenvalue weighted by Gasteiger charge is 2.02. The Morgan fingerprint density at radius 1 is 1.62 bits per heavy atom. The molecule has 13 heavy (non-hydrogen) atoms. The van der Waals surface area contributed by atoms with Gasteiger partial charge in [-0.05, 0) is 26.0 Å². The molecule has 0 aromatic carbocycles. The molecule has 3 nitrogen and oxygen atoms in total. The van der Waals surface area contributed by atoms with Crippen molar-refractivity contribution in [2.45, 2.75) is 13.8 Å². The summed E-state index contributed by atoms with van der Waals surface area (Å²) >= 11 is 0. The molecule has 0 spiro atoms. The van der Waals surface area contributed by atoms with Crippen molar-refractivity contribution in [1.82, 2.24) is 4.98 Å². The minimum atomic E-state index is 0.589. The van der Waals surface area contributed by atoms with E-state index in [1.807, 2.05) is 19.9 Å². The Kier molecular flexibility index (Phi) is 2.90. The van der Waals surface area contributed by atoms with Gasteiger partial charge in [0.05, 0.1) is 18.0 Å². The van der Waals surface area contributed by atoms with E-state index in [9.17, 15) is 0 Å². The Balaban J connectivity index is 2.90. The number of ether oxygens (including phenoxy) is 1. The molecule has 2 N–H and O–H groups in total. The van der Waals surface area contributed by atoms with Crippen molar-refractivity contribution in [2.75, 3.05) is 12.3 Å². The average Bonchev–Trinajstić information content (AvgIpc) is 2.10.